The van der Waals surface area contributed by atoms with Crippen LogP contribution in [0.4, 0.5) is 0 Å². The summed E-state index contributed by atoms with van der Waals surface area (Å²) in [4.78, 5) is 12.0. The third-order valence-electron chi connectivity index (χ3n) is 7.20. The molecule has 0 unspecified atom stereocenters. The fourth-order valence-electron chi connectivity index (χ4n) is 5.71. The van der Waals surface area contributed by atoms with Crippen molar-refractivity contribution in [1.29, 1.82) is 0 Å². The van der Waals surface area contributed by atoms with E-state index in [2.05, 4.69) is 63.8 Å². The average Bonchev–Trinajstić information content (AvgIpc) is 2.60. The van der Waals surface area contributed by atoms with E-state index in [9.17, 15) is 4.79 Å². The van der Waals surface area contributed by atoms with Gasteiger partial charge in [0.15, 0.2) is 0 Å². The number of amides is 1. The second-order valence-electron chi connectivity index (χ2n) is 9.34. The number of hydrogen-bond donors (Lipinski definition) is 2. The van der Waals surface area contributed by atoms with E-state index in [1.165, 1.54) is 37.7 Å². The number of rotatable bonds is 5. The minimum absolute atomic E-state index is 0.145. The Morgan fingerprint density at radius 2 is 2.08 bits per heavy atom. The van der Waals surface area contributed by atoms with E-state index < -0.39 is 0 Å². The van der Waals surface area contributed by atoms with Gasteiger partial charge in [0.2, 0.25) is 5.91 Å². The Balaban J connectivity index is 1.86. The van der Waals surface area contributed by atoms with Crippen LogP contribution < -0.4 is 5.32 Å². The van der Waals surface area contributed by atoms with Crippen LogP contribution in [0.3, 0.4) is 0 Å². The molecule has 1 saturated carbocycles. The second-order valence-corrected chi connectivity index (χ2v) is 9.79. The predicted octanol–water partition coefficient (Wildman–Crippen LogP) is 5.26. The van der Waals surface area contributed by atoms with E-state index in [0.717, 1.165) is 6.54 Å². The molecule has 1 fully saturated rings. The number of nitrogens with one attached hydrogen (secondary N) is 1. The van der Waals surface area contributed by atoms with Crippen molar-refractivity contribution in [2.75, 3.05) is 12.3 Å². The van der Waals surface area contributed by atoms with Gasteiger partial charge in [0.1, 0.15) is 0 Å². The summed E-state index contributed by atoms with van der Waals surface area (Å²) in [5, 5.41) is 3.20. The summed E-state index contributed by atoms with van der Waals surface area (Å²) in [6, 6.07) is 7.22. The van der Waals surface area contributed by atoms with Gasteiger partial charge in [-0.1, -0.05) is 52.3 Å². The van der Waals surface area contributed by atoms with Crippen molar-refractivity contribution in [2.45, 2.75) is 77.6 Å². The lowest BCUT2D eigenvalue weighted by molar-refractivity contribution is -0.121. The van der Waals surface area contributed by atoms with Gasteiger partial charge >= 0.3 is 0 Å². The lowest BCUT2D eigenvalue weighted by Crippen LogP contribution is -2.53. The van der Waals surface area contributed by atoms with E-state index in [1.807, 2.05) is 0 Å². The van der Waals surface area contributed by atoms with Crippen LogP contribution in [0.25, 0.3) is 0 Å². The van der Waals surface area contributed by atoms with Crippen LogP contribution in [0.1, 0.15) is 82.4 Å². The molecule has 1 N–H and O–H groups in total. The Hall–Kier alpha value is -0.960. The molecule has 1 aromatic rings. The van der Waals surface area contributed by atoms with Gasteiger partial charge in [-0.3, -0.25) is 4.79 Å². The van der Waals surface area contributed by atoms with Gasteiger partial charge in [0, 0.05) is 13.0 Å². The molecule has 0 saturated heterocycles. The monoisotopic (exact) mass is 373 g/mol. The zero-order chi connectivity index (χ0) is 18.9. The van der Waals surface area contributed by atoms with Gasteiger partial charge in [0.05, 0.1) is 0 Å². The molecule has 1 amide bonds. The zero-order valence-corrected chi connectivity index (χ0v) is 17.8. The minimum atomic E-state index is 0.145. The van der Waals surface area contributed by atoms with Crippen LogP contribution in [0, 0.1) is 11.3 Å². The Bertz CT molecular complexity index is 670. The molecular formula is C23H35NOS. The SMILES string of the molecule is CC(C)c1ccc2c(c1)CC[C@H]1[C@](C)(CNC(=O)CCS)CCC[C@]21C. The molecule has 3 atom stereocenters. The smallest absolute Gasteiger partial charge is 0.220 e. The first-order valence-corrected chi connectivity index (χ1v) is 10.9. The fourth-order valence-corrected chi connectivity index (χ4v) is 5.91. The van der Waals surface area contributed by atoms with E-state index in [1.54, 1.807) is 11.1 Å². The van der Waals surface area contributed by atoms with E-state index >= 15 is 0 Å². The van der Waals surface area contributed by atoms with Crippen LogP contribution in [-0.4, -0.2) is 18.2 Å². The van der Waals surface area contributed by atoms with Crippen molar-refractivity contribution in [3.05, 3.63) is 34.9 Å². The third-order valence-corrected chi connectivity index (χ3v) is 7.42. The van der Waals surface area contributed by atoms with Gasteiger partial charge in [-0.05, 0) is 70.8 Å². The number of carbonyl (C=O) groups excluding carboxylic acids is 1. The normalized spacial score (nSPS) is 30.6. The van der Waals surface area contributed by atoms with Crippen LogP contribution >= 0.6 is 12.6 Å². The Kier molecular flexibility index (Phi) is 5.77. The van der Waals surface area contributed by atoms with Gasteiger partial charge in [-0.15, -0.1) is 0 Å². The highest BCUT2D eigenvalue weighted by molar-refractivity contribution is 7.80. The van der Waals surface area contributed by atoms with E-state index in [4.69, 9.17) is 0 Å². The number of hydrogen-bond acceptors (Lipinski definition) is 2. The summed E-state index contributed by atoms with van der Waals surface area (Å²) in [6.45, 7) is 10.3. The molecule has 3 heteroatoms. The van der Waals surface area contributed by atoms with Gasteiger partial charge in [-0.25, -0.2) is 0 Å². The Morgan fingerprint density at radius 3 is 2.77 bits per heavy atom. The lowest BCUT2D eigenvalue weighted by Gasteiger charge is -2.55. The first-order valence-electron chi connectivity index (χ1n) is 10.3. The van der Waals surface area contributed by atoms with E-state index in [-0.39, 0.29) is 16.7 Å². The van der Waals surface area contributed by atoms with Gasteiger partial charge in [0.25, 0.3) is 0 Å². The summed E-state index contributed by atoms with van der Waals surface area (Å²) in [7, 11) is 0. The van der Waals surface area contributed by atoms with Crippen molar-refractivity contribution >= 4 is 18.5 Å². The molecule has 0 heterocycles. The summed E-state index contributed by atoms with van der Waals surface area (Å²) in [6.07, 6.45) is 6.67. The van der Waals surface area contributed by atoms with Crippen LogP contribution in [0.2, 0.25) is 0 Å². The zero-order valence-electron chi connectivity index (χ0n) is 16.9. The summed E-state index contributed by atoms with van der Waals surface area (Å²) in [5.74, 6) is 1.99. The minimum Gasteiger partial charge on any atom is -0.356 e. The quantitative estimate of drug-likeness (QED) is 0.678. The molecule has 0 spiro atoms. The molecule has 2 aliphatic carbocycles. The molecule has 2 aliphatic rings. The fraction of sp³-hybridized carbons (Fsp3) is 0.696. The largest absolute Gasteiger partial charge is 0.356 e. The molecule has 0 aromatic heterocycles. The second kappa shape index (κ2) is 7.58. The maximum absolute atomic E-state index is 12.0. The summed E-state index contributed by atoms with van der Waals surface area (Å²) >= 11 is 4.18. The number of carbonyl (C=O) groups is 1. The molecule has 0 radical (unpaired) electrons. The lowest BCUT2D eigenvalue weighted by atomic mass is 9.49. The molecule has 144 valence electrons. The molecule has 1 aromatic carbocycles. The molecule has 0 aliphatic heterocycles. The Morgan fingerprint density at radius 1 is 1.31 bits per heavy atom. The summed E-state index contributed by atoms with van der Waals surface area (Å²) < 4.78 is 0. The predicted molar refractivity (Wildman–Crippen MR) is 113 cm³/mol. The van der Waals surface area contributed by atoms with Crippen molar-refractivity contribution in [1.82, 2.24) is 5.32 Å². The number of aryl methyl sites for hydroxylation is 1. The third kappa shape index (κ3) is 3.56. The highest BCUT2D eigenvalue weighted by Crippen LogP contribution is 2.57. The van der Waals surface area contributed by atoms with Crippen molar-refractivity contribution in [2.24, 2.45) is 11.3 Å². The molecule has 2 nitrogen and oxygen atoms in total. The highest BCUT2D eigenvalue weighted by Gasteiger charge is 2.51. The van der Waals surface area contributed by atoms with E-state index in [0.29, 0.717) is 24.0 Å². The number of fused-ring (bicyclic) bond motifs is 3. The van der Waals surface area contributed by atoms with Crippen molar-refractivity contribution < 1.29 is 4.79 Å². The average molecular weight is 374 g/mol. The van der Waals surface area contributed by atoms with Crippen molar-refractivity contribution in [3.8, 4) is 0 Å². The van der Waals surface area contributed by atoms with Gasteiger partial charge < -0.3 is 5.32 Å². The molecule has 3 rings (SSSR count). The number of benzene rings is 1. The standard InChI is InChI=1S/C23H35NOS/c1-16(2)17-6-8-19-18(14-17)7-9-20-22(3,11-5-12-23(19,20)4)15-24-21(25)10-13-26/h6,8,14,16,20,26H,5,7,9-13,15H2,1-4H3,(H,24,25)/t20-,22-,23+/m0/s1. The first kappa shape index (κ1) is 19.8. The van der Waals surface area contributed by atoms with Crippen LogP contribution in [0.15, 0.2) is 18.2 Å². The number of thiol groups is 1. The molecular weight excluding hydrogens is 338 g/mol. The summed E-state index contributed by atoms with van der Waals surface area (Å²) in [5.41, 5.74) is 5.03. The first-order chi connectivity index (χ1) is 12.3. The van der Waals surface area contributed by atoms with Crippen molar-refractivity contribution in [3.63, 3.8) is 0 Å². The van der Waals surface area contributed by atoms with Gasteiger partial charge in [-0.2, -0.15) is 12.6 Å². The van der Waals surface area contributed by atoms with Crippen LogP contribution in [0.5, 0.6) is 0 Å². The molecule has 0 bridgehead atoms. The topological polar surface area (TPSA) is 29.1 Å². The highest BCUT2D eigenvalue weighted by atomic mass is 32.1. The molecule has 26 heavy (non-hydrogen) atoms. The van der Waals surface area contributed by atoms with Crippen LogP contribution in [-0.2, 0) is 16.6 Å². The maximum atomic E-state index is 12.0. The maximum Gasteiger partial charge on any atom is 0.220 e. The Labute approximate surface area is 164 Å².